The molecule has 0 aliphatic carbocycles. The van der Waals surface area contributed by atoms with Crippen LogP contribution in [0.5, 0.6) is 0 Å². The highest BCUT2D eigenvalue weighted by atomic mass is 79.9. The Balaban J connectivity index is 1.97. The van der Waals surface area contributed by atoms with Crippen LogP contribution in [0.25, 0.3) is 10.9 Å². The van der Waals surface area contributed by atoms with E-state index in [9.17, 15) is 0 Å². The molecule has 1 nitrogen and oxygen atoms in total. The highest BCUT2D eigenvalue weighted by Crippen LogP contribution is 2.22. The van der Waals surface area contributed by atoms with Gasteiger partial charge in [-0.15, -0.1) is 0 Å². The lowest BCUT2D eigenvalue weighted by Crippen LogP contribution is -1.97. The highest BCUT2D eigenvalue weighted by molar-refractivity contribution is 9.10. The molecule has 3 rings (SSSR count). The van der Waals surface area contributed by atoms with Crippen LogP contribution in [0.2, 0.25) is 5.02 Å². The maximum atomic E-state index is 5.89. The fraction of sp³-hybridized carbons (Fsp3) is 0.0667. The van der Waals surface area contributed by atoms with Gasteiger partial charge in [0.1, 0.15) is 0 Å². The molecule has 0 bridgehead atoms. The summed E-state index contributed by atoms with van der Waals surface area (Å²) in [5, 5.41) is 2.03. The zero-order valence-electron chi connectivity index (χ0n) is 9.61. The van der Waals surface area contributed by atoms with Crippen molar-refractivity contribution < 1.29 is 0 Å². The lowest BCUT2D eigenvalue weighted by atomic mass is 10.2. The second-order valence-electron chi connectivity index (χ2n) is 4.27. The number of hydrogen-bond donors (Lipinski definition) is 0. The summed E-state index contributed by atoms with van der Waals surface area (Å²) in [5.41, 5.74) is 2.49. The number of hydrogen-bond acceptors (Lipinski definition) is 0. The number of rotatable bonds is 2. The van der Waals surface area contributed by atoms with Crippen LogP contribution in [0, 0.1) is 0 Å². The number of aromatic nitrogens is 1. The number of fused-ring (bicyclic) bond motifs is 1. The van der Waals surface area contributed by atoms with Gasteiger partial charge in [-0.3, -0.25) is 0 Å². The molecule has 0 unspecified atom stereocenters. The van der Waals surface area contributed by atoms with Crippen molar-refractivity contribution in [1.82, 2.24) is 4.57 Å². The fourth-order valence-electron chi connectivity index (χ4n) is 2.10. The Hall–Kier alpha value is -1.25. The van der Waals surface area contributed by atoms with Gasteiger partial charge in [-0.1, -0.05) is 39.7 Å². The third-order valence-electron chi connectivity index (χ3n) is 3.00. The average molecular weight is 321 g/mol. The summed E-state index contributed by atoms with van der Waals surface area (Å²) in [6.45, 7) is 0.863. The number of halogens is 2. The molecule has 0 aliphatic rings. The van der Waals surface area contributed by atoms with E-state index in [1.165, 1.54) is 16.5 Å². The van der Waals surface area contributed by atoms with Gasteiger partial charge in [0.05, 0.1) is 0 Å². The van der Waals surface area contributed by atoms with E-state index >= 15 is 0 Å². The molecule has 0 radical (unpaired) electrons. The molecule has 0 amide bonds. The average Bonchev–Trinajstić information content (AvgIpc) is 2.74. The first-order chi connectivity index (χ1) is 8.72. The lowest BCUT2D eigenvalue weighted by molar-refractivity contribution is 0.837. The van der Waals surface area contributed by atoms with E-state index in [1.807, 2.05) is 12.1 Å². The normalized spacial score (nSPS) is 11.0. The third kappa shape index (κ3) is 2.31. The number of benzene rings is 2. The summed E-state index contributed by atoms with van der Waals surface area (Å²) in [6.07, 6.45) is 2.12. The van der Waals surface area contributed by atoms with Gasteiger partial charge in [0.25, 0.3) is 0 Å². The number of nitrogens with zero attached hydrogens (tertiary/aromatic N) is 1. The minimum Gasteiger partial charge on any atom is -0.343 e. The van der Waals surface area contributed by atoms with Gasteiger partial charge in [-0.2, -0.15) is 0 Å². The molecule has 90 valence electrons. The molecule has 1 aromatic heterocycles. The van der Waals surface area contributed by atoms with Crippen LogP contribution in [0.3, 0.4) is 0 Å². The molecule has 0 saturated carbocycles. The Bertz CT molecular complexity index is 685. The Labute approximate surface area is 119 Å². The topological polar surface area (TPSA) is 4.93 Å². The molecule has 18 heavy (non-hydrogen) atoms. The molecular weight excluding hydrogens is 310 g/mol. The minimum absolute atomic E-state index is 0.778. The Morgan fingerprint density at radius 1 is 1.00 bits per heavy atom. The maximum Gasteiger partial charge on any atom is 0.0484 e. The minimum atomic E-state index is 0.778. The van der Waals surface area contributed by atoms with Crippen molar-refractivity contribution in [3.63, 3.8) is 0 Å². The molecule has 0 fully saturated rings. The monoisotopic (exact) mass is 319 g/mol. The van der Waals surface area contributed by atoms with E-state index < -0.39 is 0 Å². The summed E-state index contributed by atoms with van der Waals surface area (Å²) in [5.74, 6) is 0. The van der Waals surface area contributed by atoms with Crippen LogP contribution >= 0.6 is 27.5 Å². The van der Waals surface area contributed by atoms with Crippen LogP contribution < -0.4 is 0 Å². The van der Waals surface area contributed by atoms with E-state index in [2.05, 4.69) is 63.1 Å². The van der Waals surface area contributed by atoms with Gasteiger partial charge in [0.2, 0.25) is 0 Å². The van der Waals surface area contributed by atoms with E-state index in [4.69, 9.17) is 11.6 Å². The van der Waals surface area contributed by atoms with Crippen molar-refractivity contribution in [2.24, 2.45) is 0 Å². The second-order valence-corrected chi connectivity index (χ2v) is 5.63. The molecule has 0 spiro atoms. The molecular formula is C15H11BrClN. The van der Waals surface area contributed by atoms with Crippen LogP contribution in [0.4, 0.5) is 0 Å². The molecule has 0 N–H and O–H groups in total. The van der Waals surface area contributed by atoms with Gasteiger partial charge in [0.15, 0.2) is 0 Å². The SMILES string of the molecule is Clc1ccc(Cn2ccc3cc(Br)ccc32)cc1. The first kappa shape index (κ1) is 11.8. The summed E-state index contributed by atoms with van der Waals surface area (Å²) >= 11 is 9.39. The Morgan fingerprint density at radius 2 is 1.78 bits per heavy atom. The van der Waals surface area contributed by atoms with Crippen molar-refractivity contribution in [1.29, 1.82) is 0 Å². The smallest absolute Gasteiger partial charge is 0.0484 e. The lowest BCUT2D eigenvalue weighted by Gasteiger charge is -2.06. The summed E-state index contributed by atoms with van der Waals surface area (Å²) in [7, 11) is 0. The van der Waals surface area contributed by atoms with Crippen molar-refractivity contribution in [3.8, 4) is 0 Å². The predicted molar refractivity (Wildman–Crippen MR) is 80.2 cm³/mol. The standard InChI is InChI=1S/C15H11BrClN/c16-13-3-6-15-12(9-13)7-8-18(15)10-11-1-4-14(17)5-2-11/h1-9H,10H2. The third-order valence-corrected chi connectivity index (χ3v) is 3.74. The van der Waals surface area contributed by atoms with Gasteiger partial charge in [0, 0.05) is 33.1 Å². The molecule has 0 saturated heterocycles. The van der Waals surface area contributed by atoms with Crippen LogP contribution in [-0.4, -0.2) is 4.57 Å². The van der Waals surface area contributed by atoms with E-state index in [0.717, 1.165) is 16.0 Å². The zero-order valence-corrected chi connectivity index (χ0v) is 11.9. The van der Waals surface area contributed by atoms with Crippen molar-refractivity contribution in [2.75, 3.05) is 0 Å². The van der Waals surface area contributed by atoms with Crippen LogP contribution in [0.1, 0.15) is 5.56 Å². The van der Waals surface area contributed by atoms with Crippen molar-refractivity contribution >= 4 is 38.4 Å². The largest absolute Gasteiger partial charge is 0.343 e. The Morgan fingerprint density at radius 3 is 2.56 bits per heavy atom. The van der Waals surface area contributed by atoms with Crippen LogP contribution in [0.15, 0.2) is 59.2 Å². The van der Waals surface area contributed by atoms with E-state index in [1.54, 1.807) is 0 Å². The van der Waals surface area contributed by atoms with Gasteiger partial charge < -0.3 is 4.57 Å². The molecule has 0 atom stereocenters. The highest BCUT2D eigenvalue weighted by Gasteiger charge is 2.02. The Kier molecular flexibility index (Phi) is 3.14. The van der Waals surface area contributed by atoms with E-state index in [0.29, 0.717) is 0 Å². The van der Waals surface area contributed by atoms with Crippen molar-refractivity contribution in [3.05, 3.63) is 69.8 Å². The van der Waals surface area contributed by atoms with E-state index in [-0.39, 0.29) is 0 Å². The fourth-order valence-corrected chi connectivity index (χ4v) is 2.60. The summed E-state index contributed by atoms with van der Waals surface area (Å²) in [4.78, 5) is 0. The molecule has 1 heterocycles. The van der Waals surface area contributed by atoms with Gasteiger partial charge >= 0.3 is 0 Å². The summed E-state index contributed by atoms with van der Waals surface area (Å²) in [6, 6.07) is 16.5. The first-order valence-electron chi connectivity index (χ1n) is 5.71. The zero-order chi connectivity index (χ0) is 12.5. The van der Waals surface area contributed by atoms with Gasteiger partial charge in [-0.05, 0) is 42.0 Å². The maximum absolute atomic E-state index is 5.89. The quantitative estimate of drug-likeness (QED) is 0.618. The van der Waals surface area contributed by atoms with Gasteiger partial charge in [-0.25, -0.2) is 0 Å². The molecule has 0 aliphatic heterocycles. The molecule has 3 heteroatoms. The predicted octanol–water partition coefficient (Wildman–Crippen LogP) is 5.11. The second kappa shape index (κ2) is 4.79. The summed E-state index contributed by atoms with van der Waals surface area (Å²) < 4.78 is 3.35. The first-order valence-corrected chi connectivity index (χ1v) is 6.88. The molecule has 3 aromatic rings. The molecule has 2 aromatic carbocycles. The van der Waals surface area contributed by atoms with Crippen LogP contribution in [-0.2, 0) is 6.54 Å². The van der Waals surface area contributed by atoms with Crippen molar-refractivity contribution in [2.45, 2.75) is 6.54 Å².